The smallest absolute Gasteiger partial charge is 0.264 e. The van der Waals surface area contributed by atoms with Gasteiger partial charge in [0.05, 0.1) is 5.69 Å². The number of hydrogen-bond donors (Lipinski definition) is 1. The van der Waals surface area contributed by atoms with Crippen LogP contribution in [0.25, 0.3) is 11.3 Å². The third-order valence-corrected chi connectivity index (χ3v) is 4.58. The van der Waals surface area contributed by atoms with Crippen LogP contribution in [0.5, 0.6) is 17.2 Å². The van der Waals surface area contributed by atoms with E-state index in [1.807, 2.05) is 23.6 Å². The van der Waals surface area contributed by atoms with Crippen molar-refractivity contribution in [2.45, 2.75) is 0 Å². The van der Waals surface area contributed by atoms with Crippen molar-refractivity contribution in [2.24, 2.45) is 0 Å². The van der Waals surface area contributed by atoms with Crippen LogP contribution >= 0.6 is 22.9 Å². The summed E-state index contributed by atoms with van der Waals surface area (Å²) in [6.45, 7) is 0.100. The fourth-order valence-electron chi connectivity index (χ4n) is 2.38. The number of hydrogen-bond acceptors (Lipinski definition) is 6. The van der Waals surface area contributed by atoms with Crippen LogP contribution < -0.4 is 19.5 Å². The summed E-state index contributed by atoms with van der Waals surface area (Å²) in [6, 6.07) is 12.5. The molecular weight excluding hydrogens is 376 g/mol. The lowest BCUT2D eigenvalue weighted by atomic mass is 10.1. The fraction of sp³-hybridized carbons (Fsp3) is 0.111. The average Bonchev–Trinajstić information content (AvgIpc) is 3.28. The van der Waals surface area contributed by atoms with Crippen molar-refractivity contribution in [3.8, 4) is 28.5 Å². The van der Waals surface area contributed by atoms with Crippen molar-refractivity contribution in [3.05, 3.63) is 52.9 Å². The van der Waals surface area contributed by atoms with Gasteiger partial charge in [0.2, 0.25) is 6.79 Å². The molecule has 1 aliphatic rings. The first-order valence-electron chi connectivity index (χ1n) is 7.71. The number of rotatable bonds is 5. The van der Waals surface area contributed by atoms with Crippen LogP contribution in [0, 0.1) is 0 Å². The average molecular weight is 389 g/mol. The van der Waals surface area contributed by atoms with Crippen molar-refractivity contribution < 1.29 is 19.0 Å². The highest BCUT2D eigenvalue weighted by atomic mass is 35.5. The van der Waals surface area contributed by atoms with E-state index >= 15 is 0 Å². The molecule has 26 heavy (non-hydrogen) atoms. The van der Waals surface area contributed by atoms with Gasteiger partial charge in [-0.1, -0.05) is 17.7 Å². The van der Waals surface area contributed by atoms with Crippen LogP contribution in [0.3, 0.4) is 0 Å². The van der Waals surface area contributed by atoms with Crippen LogP contribution in [-0.2, 0) is 4.79 Å². The van der Waals surface area contributed by atoms with Crippen LogP contribution in [0.1, 0.15) is 0 Å². The van der Waals surface area contributed by atoms with Crippen molar-refractivity contribution in [1.82, 2.24) is 4.98 Å². The Morgan fingerprint density at radius 2 is 2.12 bits per heavy atom. The first-order valence-corrected chi connectivity index (χ1v) is 8.97. The second kappa shape index (κ2) is 7.23. The number of carbonyl (C=O) groups excluding carboxylic acids is 1. The zero-order chi connectivity index (χ0) is 17.9. The van der Waals surface area contributed by atoms with E-state index in [9.17, 15) is 4.79 Å². The van der Waals surface area contributed by atoms with E-state index in [4.69, 9.17) is 25.8 Å². The van der Waals surface area contributed by atoms with Gasteiger partial charge in [-0.25, -0.2) is 4.98 Å². The molecule has 8 heteroatoms. The molecule has 0 saturated carbocycles. The summed E-state index contributed by atoms with van der Waals surface area (Å²) in [5.41, 5.74) is 1.64. The molecule has 0 atom stereocenters. The number of anilines is 1. The zero-order valence-electron chi connectivity index (χ0n) is 13.4. The van der Waals surface area contributed by atoms with Gasteiger partial charge >= 0.3 is 0 Å². The number of nitrogens with zero attached hydrogens (tertiary/aromatic N) is 1. The van der Waals surface area contributed by atoms with Crippen molar-refractivity contribution in [3.63, 3.8) is 0 Å². The number of thiazole rings is 1. The highest BCUT2D eigenvalue weighted by Crippen LogP contribution is 2.36. The molecule has 132 valence electrons. The number of fused-ring (bicyclic) bond motifs is 1. The van der Waals surface area contributed by atoms with E-state index in [1.165, 1.54) is 11.3 Å². The molecule has 0 radical (unpaired) electrons. The number of benzene rings is 2. The van der Waals surface area contributed by atoms with Crippen molar-refractivity contribution >= 4 is 34.0 Å². The largest absolute Gasteiger partial charge is 0.484 e. The molecule has 1 aliphatic heterocycles. The first-order chi connectivity index (χ1) is 12.7. The summed E-state index contributed by atoms with van der Waals surface area (Å²) >= 11 is 7.22. The standard InChI is InChI=1S/C18H13ClN2O4S/c19-12-2-1-3-13(7-12)23-8-17(22)21-18-20-14(9-26-18)11-4-5-15-16(6-11)25-10-24-15/h1-7,9H,8,10H2,(H,20,21,22). The van der Waals surface area contributed by atoms with Gasteiger partial charge in [-0.3, -0.25) is 10.1 Å². The first kappa shape index (κ1) is 16.7. The molecule has 0 fully saturated rings. The van der Waals surface area contributed by atoms with Crippen molar-refractivity contribution in [2.75, 3.05) is 18.7 Å². The number of halogens is 1. The molecule has 0 spiro atoms. The molecule has 1 N–H and O–H groups in total. The normalized spacial score (nSPS) is 12.0. The molecule has 0 saturated heterocycles. The molecule has 1 amide bonds. The van der Waals surface area contributed by atoms with E-state index < -0.39 is 0 Å². The molecule has 6 nitrogen and oxygen atoms in total. The Balaban J connectivity index is 1.38. The molecule has 0 aliphatic carbocycles. The van der Waals surface area contributed by atoms with Crippen molar-refractivity contribution in [1.29, 1.82) is 0 Å². The zero-order valence-corrected chi connectivity index (χ0v) is 15.0. The van der Waals surface area contributed by atoms with Gasteiger partial charge in [0, 0.05) is 16.0 Å². The van der Waals surface area contributed by atoms with E-state index in [2.05, 4.69) is 10.3 Å². The minimum Gasteiger partial charge on any atom is -0.484 e. The van der Waals surface area contributed by atoms with Crippen LogP contribution in [-0.4, -0.2) is 24.3 Å². The predicted octanol–water partition coefficient (Wildman–Crippen LogP) is 4.21. The van der Waals surface area contributed by atoms with Gasteiger partial charge in [-0.05, 0) is 36.4 Å². The van der Waals surface area contributed by atoms with Gasteiger partial charge in [0.1, 0.15) is 5.75 Å². The maximum absolute atomic E-state index is 12.0. The molecule has 4 rings (SSSR count). The van der Waals surface area contributed by atoms with Gasteiger partial charge in [-0.15, -0.1) is 11.3 Å². The lowest BCUT2D eigenvalue weighted by Crippen LogP contribution is -2.20. The van der Waals surface area contributed by atoms with Crippen LogP contribution in [0.2, 0.25) is 5.02 Å². The number of amides is 1. The second-order valence-electron chi connectivity index (χ2n) is 5.40. The lowest BCUT2D eigenvalue weighted by molar-refractivity contribution is -0.118. The Morgan fingerprint density at radius 3 is 3.00 bits per heavy atom. The van der Waals surface area contributed by atoms with E-state index in [0.29, 0.717) is 21.7 Å². The SMILES string of the molecule is O=C(COc1cccc(Cl)c1)Nc1nc(-c2ccc3c(c2)OCO3)cs1. The third-order valence-electron chi connectivity index (χ3n) is 3.58. The number of ether oxygens (including phenoxy) is 3. The second-order valence-corrected chi connectivity index (χ2v) is 6.69. The van der Waals surface area contributed by atoms with E-state index in [0.717, 1.165) is 17.0 Å². The van der Waals surface area contributed by atoms with Gasteiger partial charge in [-0.2, -0.15) is 0 Å². The number of aromatic nitrogens is 1. The topological polar surface area (TPSA) is 69.7 Å². The lowest BCUT2D eigenvalue weighted by Gasteiger charge is -2.06. The predicted molar refractivity (Wildman–Crippen MR) is 99.2 cm³/mol. The fourth-order valence-corrected chi connectivity index (χ4v) is 3.30. The monoisotopic (exact) mass is 388 g/mol. The summed E-state index contributed by atoms with van der Waals surface area (Å²) in [7, 11) is 0. The summed E-state index contributed by atoms with van der Waals surface area (Å²) in [4.78, 5) is 16.5. The minimum atomic E-state index is -0.295. The maximum Gasteiger partial charge on any atom is 0.264 e. The summed E-state index contributed by atoms with van der Waals surface area (Å²) in [5, 5.41) is 5.64. The molecule has 0 bridgehead atoms. The Kier molecular flexibility index (Phi) is 4.64. The Bertz CT molecular complexity index is 960. The van der Waals surface area contributed by atoms with Gasteiger partial charge < -0.3 is 14.2 Å². The molecule has 3 aromatic rings. The summed E-state index contributed by atoms with van der Waals surface area (Å²) < 4.78 is 16.1. The Labute approximate surface area is 158 Å². The quantitative estimate of drug-likeness (QED) is 0.709. The number of carbonyl (C=O) groups is 1. The molecule has 2 aromatic carbocycles. The van der Waals surface area contributed by atoms with Crippen LogP contribution in [0.15, 0.2) is 47.8 Å². The van der Waals surface area contributed by atoms with Gasteiger partial charge in [0.15, 0.2) is 23.2 Å². The van der Waals surface area contributed by atoms with E-state index in [1.54, 1.807) is 24.3 Å². The Hall–Kier alpha value is -2.77. The maximum atomic E-state index is 12.0. The Morgan fingerprint density at radius 1 is 1.23 bits per heavy atom. The molecule has 0 unspecified atom stereocenters. The molecule has 1 aromatic heterocycles. The number of nitrogens with one attached hydrogen (secondary N) is 1. The van der Waals surface area contributed by atoms with Gasteiger partial charge in [0.25, 0.3) is 5.91 Å². The highest BCUT2D eigenvalue weighted by Gasteiger charge is 2.15. The van der Waals surface area contributed by atoms with E-state index in [-0.39, 0.29) is 19.3 Å². The summed E-state index contributed by atoms with van der Waals surface area (Å²) in [6.07, 6.45) is 0. The minimum absolute atomic E-state index is 0.126. The third kappa shape index (κ3) is 3.74. The van der Waals surface area contributed by atoms with Crippen LogP contribution in [0.4, 0.5) is 5.13 Å². The molecule has 2 heterocycles. The highest BCUT2D eigenvalue weighted by molar-refractivity contribution is 7.14. The summed E-state index contributed by atoms with van der Waals surface area (Å²) in [5.74, 6) is 1.65. The molecular formula is C18H13ClN2O4S.